The van der Waals surface area contributed by atoms with Gasteiger partial charge in [-0.25, -0.2) is 9.37 Å². The molecule has 1 heterocycles. The average Bonchev–Trinajstić information content (AvgIpc) is 3.21. The zero-order valence-corrected chi connectivity index (χ0v) is 16.3. The lowest BCUT2D eigenvalue weighted by atomic mass is 9.94. The highest BCUT2D eigenvalue weighted by Crippen LogP contribution is 2.36. The third-order valence-electron chi connectivity index (χ3n) is 5.33. The van der Waals surface area contributed by atoms with Gasteiger partial charge in [0.15, 0.2) is 5.78 Å². The number of Topliss-reactive ketones (excluding diaryl/α,β-unsaturated/α-hetero) is 1. The summed E-state index contributed by atoms with van der Waals surface area (Å²) in [7, 11) is 3.10. The summed E-state index contributed by atoms with van der Waals surface area (Å²) in [5.41, 5.74) is 1.63. The fourth-order valence-corrected chi connectivity index (χ4v) is 3.91. The Kier molecular flexibility index (Phi) is 5.29. The van der Waals surface area contributed by atoms with E-state index in [4.69, 9.17) is 9.47 Å². The summed E-state index contributed by atoms with van der Waals surface area (Å²) in [6, 6.07) is 9.79. The van der Waals surface area contributed by atoms with E-state index in [-0.39, 0.29) is 23.6 Å². The maximum atomic E-state index is 13.3. The summed E-state index contributed by atoms with van der Waals surface area (Å²) in [4.78, 5) is 21.9. The highest BCUT2D eigenvalue weighted by atomic mass is 19.1. The molecule has 3 aromatic rings. The molecule has 2 aromatic carbocycles. The van der Waals surface area contributed by atoms with E-state index < -0.39 is 0 Å². The number of ether oxygens (including phenoxy) is 2. The van der Waals surface area contributed by atoms with Crippen LogP contribution in [0.2, 0.25) is 0 Å². The molecule has 1 aliphatic rings. The Bertz CT molecular complexity index is 1030. The van der Waals surface area contributed by atoms with E-state index in [2.05, 4.69) is 15.3 Å². The summed E-state index contributed by atoms with van der Waals surface area (Å²) in [6.07, 6.45) is 3.89. The zero-order chi connectivity index (χ0) is 20.4. The smallest absolute Gasteiger partial charge is 0.173 e. The molecule has 1 fully saturated rings. The van der Waals surface area contributed by atoms with Crippen LogP contribution in [-0.4, -0.2) is 36.0 Å². The summed E-state index contributed by atoms with van der Waals surface area (Å²) in [5.74, 6) is 1.24. The van der Waals surface area contributed by atoms with Gasteiger partial charge in [-0.1, -0.05) is 6.07 Å². The summed E-state index contributed by atoms with van der Waals surface area (Å²) in [5, 5.41) is 3.36. The molecule has 0 bridgehead atoms. The quantitative estimate of drug-likeness (QED) is 0.629. The summed E-state index contributed by atoms with van der Waals surface area (Å²) < 4.78 is 24.1. The van der Waals surface area contributed by atoms with Gasteiger partial charge < -0.3 is 14.8 Å². The third kappa shape index (κ3) is 3.85. The fourth-order valence-electron chi connectivity index (χ4n) is 3.91. The normalized spacial score (nSPS) is 18.6. The van der Waals surface area contributed by atoms with E-state index in [9.17, 15) is 9.18 Å². The van der Waals surface area contributed by atoms with Crippen molar-refractivity contribution in [2.75, 3.05) is 19.5 Å². The molecule has 1 unspecified atom stereocenters. The maximum absolute atomic E-state index is 13.3. The number of benzene rings is 2. The van der Waals surface area contributed by atoms with Crippen molar-refractivity contribution in [3.63, 3.8) is 0 Å². The SMILES string of the molecule is COc1cccc(OC)c1C(=O)C1CC[C@@H](Nc2cnc3cc(F)ccc3n2)C1. The van der Waals surface area contributed by atoms with Crippen molar-refractivity contribution < 1.29 is 18.7 Å². The molecule has 29 heavy (non-hydrogen) atoms. The van der Waals surface area contributed by atoms with Crippen molar-refractivity contribution in [1.82, 2.24) is 9.97 Å². The van der Waals surface area contributed by atoms with Crippen LogP contribution < -0.4 is 14.8 Å². The van der Waals surface area contributed by atoms with Gasteiger partial charge in [-0.3, -0.25) is 9.78 Å². The van der Waals surface area contributed by atoms with E-state index in [1.807, 2.05) is 0 Å². The molecule has 0 radical (unpaired) electrons. The Morgan fingerprint density at radius 3 is 2.59 bits per heavy atom. The Balaban J connectivity index is 1.48. The molecular formula is C22H22FN3O3. The first-order valence-corrected chi connectivity index (χ1v) is 9.53. The largest absolute Gasteiger partial charge is 0.496 e. The number of methoxy groups -OCH3 is 2. The number of carbonyl (C=O) groups is 1. The van der Waals surface area contributed by atoms with Crippen LogP contribution in [0.4, 0.5) is 10.2 Å². The first-order chi connectivity index (χ1) is 14.1. The topological polar surface area (TPSA) is 73.3 Å². The molecule has 6 nitrogen and oxygen atoms in total. The average molecular weight is 395 g/mol. The number of anilines is 1. The number of aromatic nitrogens is 2. The van der Waals surface area contributed by atoms with Crippen LogP contribution in [0.15, 0.2) is 42.6 Å². The van der Waals surface area contributed by atoms with Crippen LogP contribution in [0.25, 0.3) is 11.0 Å². The van der Waals surface area contributed by atoms with Gasteiger partial charge in [0.25, 0.3) is 0 Å². The lowest BCUT2D eigenvalue weighted by molar-refractivity contribution is 0.0916. The first-order valence-electron chi connectivity index (χ1n) is 9.53. The van der Waals surface area contributed by atoms with Gasteiger partial charge in [-0.05, 0) is 43.5 Å². The van der Waals surface area contributed by atoms with Crippen molar-refractivity contribution in [3.05, 3.63) is 54.0 Å². The van der Waals surface area contributed by atoms with Crippen molar-refractivity contribution in [1.29, 1.82) is 0 Å². The van der Waals surface area contributed by atoms with Gasteiger partial charge in [0.05, 0.1) is 31.4 Å². The van der Waals surface area contributed by atoms with Crippen LogP contribution in [0.3, 0.4) is 0 Å². The zero-order valence-electron chi connectivity index (χ0n) is 16.3. The number of fused-ring (bicyclic) bond motifs is 1. The third-order valence-corrected chi connectivity index (χ3v) is 5.33. The first kappa shape index (κ1) is 19.1. The van der Waals surface area contributed by atoms with Crippen LogP contribution in [0, 0.1) is 11.7 Å². The molecule has 1 aliphatic carbocycles. The van der Waals surface area contributed by atoms with Gasteiger partial charge >= 0.3 is 0 Å². The van der Waals surface area contributed by atoms with Gasteiger partial charge in [0, 0.05) is 18.0 Å². The van der Waals surface area contributed by atoms with Crippen LogP contribution in [0.1, 0.15) is 29.6 Å². The second-order valence-electron chi connectivity index (χ2n) is 7.14. The minimum atomic E-state index is -0.337. The second kappa shape index (κ2) is 8.03. The number of halogens is 1. The standard InChI is InChI=1S/C22H22FN3O3/c1-28-18-4-3-5-19(29-2)21(18)22(27)13-6-8-15(10-13)25-20-12-24-17-11-14(23)7-9-16(17)26-20/h3-5,7,9,11-13,15H,6,8,10H2,1-2H3,(H,25,26)/t13?,15-/m1/s1. The Morgan fingerprint density at radius 1 is 1.10 bits per heavy atom. The minimum Gasteiger partial charge on any atom is -0.496 e. The Hall–Kier alpha value is -3.22. The lowest BCUT2D eigenvalue weighted by Crippen LogP contribution is -2.19. The van der Waals surface area contributed by atoms with Gasteiger partial charge in [-0.2, -0.15) is 0 Å². The molecule has 1 saturated carbocycles. The number of nitrogens with one attached hydrogen (secondary N) is 1. The van der Waals surface area contributed by atoms with Crippen molar-refractivity contribution in [3.8, 4) is 11.5 Å². The van der Waals surface area contributed by atoms with Gasteiger partial charge in [0.2, 0.25) is 0 Å². The highest BCUT2D eigenvalue weighted by Gasteiger charge is 2.33. The number of carbonyl (C=O) groups excluding carboxylic acids is 1. The molecular weight excluding hydrogens is 373 g/mol. The molecule has 2 atom stereocenters. The lowest BCUT2D eigenvalue weighted by Gasteiger charge is -2.16. The monoisotopic (exact) mass is 395 g/mol. The number of rotatable bonds is 6. The predicted octanol–water partition coefficient (Wildman–Crippen LogP) is 4.25. The summed E-state index contributed by atoms with van der Waals surface area (Å²) in [6.45, 7) is 0. The molecule has 1 N–H and O–H groups in total. The number of hydrogen-bond acceptors (Lipinski definition) is 6. The summed E-state index contributed by atoms with van der Waals surface area (Å²) >= 11 is 0. The molecule has 7 heteroatoms. The molecule has 0 saturated heterocycles. The van der Waals surface area contributed by atoms with Crippen molar-refractivity contribution in [2.45, 2.75) is 25.3 Å². The van der Waals surface area contributed by atoms with Crippen molar-refractivity contribution in [2.24, 2.45) is 5.92 Å². The van der Waals surface area contributed by atoms with E-state index in [1.54, 1.807) is 44.7 Å². The van der Waals surface area contributed by atoms with E-state index in [0.29, 0.717) is 40.3 Å². The fraction of sp³-hybridized carbons (Fsp3) is 0.318. The minimum absolute atomic E-state index is 0.0312. The second-order valence-corrected chi connectivity index (χ2v) is 7.14. The van der Waals surface area contributed by atoms with Gasteiger partial charge in [-0.15, -0.1) is 0 Å². The molecule has 0 aliphatic heterocycles. The van der Waals surface area contributed by atoms with Crippen molar-refractivity contribution >= 4 is 22.6 Å². The van der Waals surface area contributed by atoms with Crippen LogP contribution in [-0.2, 0) is 0 Å². The van der Waals surface area contributed by atoms with E-state index >= 15 is 0 Å². The highest BCUT2D eigenvalue weighted by molar-refractivity contribution is 6.03. The number of hydrogen-bond donors (Lipinski definition) is 1. The van der Waals surface area contributed by atoms with E-state index in [0.717, 1.165) is 12.8 Å². The van der Waals surface area contributed by atoms with Crippen LogP contribution in [0.5, 0.6) is 11.5 Å². The molecule has 150 valence electrons. The van der Waals surface area contributed by atoms with E-state index in [1.165, 1.54) is 12.1 Å². The maximum Gasteiger partial charge on any atom is 0.173 e. The van der Waals surface area contributed by atoms with Gasteiger partial charge in [0.1, 0.15) is 28.7 Å². The molecule has 0 spiro atoms. The molecule has 1 aromatic heterocycles. The Morgan fingerprint density at radius 2 is 1.86 bits per heavy atom. The number of ketones is 1. The molecule has 4 rings (SSSR count). The Labute approximate surface area is 168 Å². The van der Waals surface area contributed by atoms with Crippen LogP contribution >= 0.6 is 0 Å². The predicted molar refractivity (Wildman–Crippen MR) is 108 cm³/mol. The number of nitrogens with zero attached hydrogens (tertiary/aromatic N) is 2. The molecule has 0 amide bonds.